The standard InChI is InChI=1S/C22H29BN2O8/c26-9-7-25(8-10-27)14-15-3-1-5-17(11-15)21(29)24-13-18(23(32)33)12-16-4-2-6-19(20(16)28)22(30)31/h1-6,11,18,26-28,32-33H,7-10,12-14H2,(H,24,29)(H,30,31)/t18-/m1/s1. The zero-order chi connectivity index (χ0) is 24.4. The summed E-state index contributed by atoms with van der Waals surface area (Å²) in [6.45, 7) is 0.940. The lowest BCUT2D eigenvalue weighted by atomic mass is 9.69. The van der Waals surface area contributed by atoms with Gasteiger partial charge in [-0.15, -0.1) is 0 Å². The molecule has 2 rings (SSSR count). The van der Waals surface area contributed by atoms with E-state index in [1.54, 1.807) is 18.2 Å². The van der Waals surface area contributed by atoms with Crippen LogP contribution in [0.1, 0.15) is 31.8 Å². The number of para-hydroxylation sites is 1. The van der Waals surface area contributed by atoms with E-state index in [1.807, 2.05) is 11.0 Å². The molecule has 0 aliphatic heterocycles. The van der Waals surface area contributed by atoms with E-state index in [2.05, 4.69) is 5.32 Å². The van der Waals surface area contributed by atoms with Crippen LogP contribution in [0.15, 0.2) is 42.5 Å². The van der Waals surface area contributed by atoms with Crippen LogP contribution in [-0.2, 0) is 13.0 Å². The Hall–Kier alpha value is -2.96. The number of aromatic carboxylic acids is 1. The molecule has 1 atom stereocenters. The highest BCUT2D eigenvalue weighted by Crippen LogP contribution is 2.27. The Labute approximate surface area is 191 Å². The van der Waals surface area contributed by atoms with Gasteiger partial charge in [-0.2, -0.15) is 0 Å². The van der Waals surface area contributed by atoms with Crippen LogP contribution in [0.25, 0.3) is 0 Å². The highest BCUT2D eigenvalue weighted by atomic mass is 16.4. The summed E-state index contributed by atoms with van der Waals surface area (Å²) in [6, 6.07) is 11.0. The van der Waals surface area contributed by atoms with Gasteiger partial charge in [-0.1, -0.05) is 24.3 Å². The van der Waals surface area contributed by atoms with Crippen molar-refractivity contribution in [3.63, 3.8) is 0 Å². The highest BCUT2D eigenvalue weighted by Gasteiger charge is 2.26. The smallest absolute Gasteiger partial charge is 0.456 e. The molecular formula is C22H29BN2O8. The van der Waals surface area contributed by atoms with Crippen molar-refractivity contribution >= 4 is 19.0 Å². The van der Waals surface area contributed by atoms with Crippen LogP contribution in [0.3, 0.4) is 0 Å². The molecule has 0 unspecified atom stereocenters. The van der Waals surface area contributed by atoms with Crippen molar-refractivity contribution in [2.75, 3.05) is 32.8 Å². The first-order chi connectivity index (χ1) is 15.8. The summed E-state index contributed by atoms with van der Waals surface area (Å²) in [6.07, 6.45) is -0.0672. The van der Waals surface area contributed by atoms with Crippen LogP contribution >= 0.6 is 0 Å². The number of hydrogen-bond acceptors (Lipinski definition) is 8. The summed E-state index contributed by atoms with van der Waals surface area (Å²) in [5.74, 6) is -3.09. The average Bonchev–Trinajstić information content (AvgIpc) is 2.77. The Balaban J connectivity index is 2.06. The van der Waals surface area contributed by atoms with Crippen molar-refractivity contribution in [2.24, 2.45) is 0 Å². The predicted octanol–water partition coefficient (Wildman–Crippen LogP) is -0.308. The minimum atomic E-state index is -1.81. The number of aromatic hydroxyl groups is 1. The Morgan fingerprint density at radius 1 is 1.03 bits per heavy atom. The number of carboxylic acid groups (broad SMARTS) is 1. The fraction of sp³-hybridized carbons (Fsp3) is 0.364. The summed E-state index contributed by atoms with van der Waals surface area (Å²) in [4.78, 5) is 25.7. The maximum Gasteiger partial charge on any atom is 0.456 e. The molecule has 2 aromatic carbocycles. The first-order valence-corrected chi connectivity index (χ1v) is 10.5. The molecule has 0 saturated carbocycles. The van der Waals surface area contributed by atoms with E-state index >= 15 is 0 Å². The number of carbonyl (C=O) groups is 2. The topological polar surface area (TPSA) is 171 Å². The van der Waals surface area contributed by atoms with Crippen molar-refractivity contribution in [1.29, 1.82) is 0 Å². The number of aliphatic hydroxyl groups is 2. The Morgan fingerprint density at radius 2 is 1.70 bits per heavy atom. The van der Waals surface area contributed by atoms with Gasteiger partial charge in [-0.05, 0) is 35.7 Å². The van der Waals surface area contributed by atoms with Gasteiger partial charge >= 0.3 is 13.1 Å². The fourth-order valence-corrected chi connectivity index (χ4v) is 3.44. The molecule has 0 bridgehead atoms. The SMILES string of the molecule is O=C(NC[C@@H](Cc1cccc(C(=O)O)c1O)B(O)O)c1cccc(CN(CCO)CCO)c1. The third-order valence-corrected chi connectivity index (χ3v) is 5.21. The molecule has 0 spiro atoms. The van der Waals surface area contributed by atoms with Gasteiger partial charge in [0.2, 0.25) is 0 Å². The Morgan fingerprint density at radius 3 is 2.30 bits per heavy atom. The summed E-state index contributed by atoms with van der Waals surface area (Å²) < 4.78 is 0. The monoisotopic (exact) mass is 460 g/mol. The molecule has 11 heteroatoms. The van der Waals surface area contributed by atoms with Crippen molar-refractivity contribution in [2.45, 2.75) is 18.8 Å². The maximum absolute atomic E-state index is 12.6. The molecule has 1 amide bonds. The molecule has 0 aromatic heterocycles. The van der Waals surface area contributed by atoms with Crippen LogP contribution in [0.5, 0.6) is 5.75 Å². The van der Waals surface area contributed by atoms with Gasteiger partial charge in [0, 0.05) is 37.6 Å². The normalized spacial score (nSPS) is 11.9. The summed E-state index contributed by atoms with van der Waals surface area (Å²) in [5, 5.41) is 59.7. The molecule has 7 N–H and O–H groups in total. The molecule has 0 fully saturated rings. The van der Waals surface area contributed by atoms with E-state index in [4.69, 9.17) is 15.3 Å². The number of nitrogens with one attached hydrogen (secondary N) is 1. The second-order valence-electron chi connectivity index (χ2n) is 7.63. The number of carbonyl (C=O) groups excluding carboxylic acids is 1. The van der Waals surface area contributed by atoms with E-state index in [0.29, 0.717) is 25.2 Å². The van der Waals surface area contributed by atoms with Gasteiger partial charge < -0.3 is 35.8 Å². The zero-order valence-corrected chi connectivity index (χ0v) is 18.1. The van der Waals surface area contributed by atoms with E-state index in [1.165, 1.54) is 18.2 Å². The van der Waals surface area contributed by atoms with Crippen LogP contribution in [0.2, 0.25) is 5.82 Å². The van der Waals surface area contributed by atoms with Crippen LogP contribution in [0.4, 0.5) is 0 Å². The van der Waals surface area contributed by atoms with Gasteiger partial charge in [0.1, 0.15) is 11.3 Å². The fourth-order valence-electron chi connectivity index (χ4n) is 3.44. The molecule has 0 saturated heterocycles. The molecule has 178 valence electrons. The third kappa shape index (κ3) is 7.84. The van der Waals surface area contributed by atoms with Gasteiger partial charge in [0.15, 0.2) is 0 Å². The third-order valence-electron chi connectivity index (χ3n) is 5.21. The second-order valence-corrected chi connectivity index (χ2v) is 7.63. The van der Waals surface area contributed by atoms with Crippen LogP contribution in [-0.4, -0.2) is 87.2 Å². The van der Waals surface area contributed by atoms with Crippen molar-refractivity contribution in [3.8, 4) is 5.75 Å². The Kier molecular flexibility index (Phi) is 10.3. The molecular weight excluding hydrogens is 431 g/mol. The first-order valence-electron chi connectivity index (χ1n) is 10.5. The number of nitrogens with zero attached hydrogens (tertiary/aromatic N) is 1. The van der Waals surface area contributed by atoms with Crippen molar-refractivity contribution < 1.29 is 40.1 Å². The minimum Gasteiger partial charge on any atom is -0.507 e. The molecule has 0 aliphatic rings. The largest absolute Gasteiger partial charge is 0.507 e. The van der Waals surface area contributed by atoms with Gasteiger partial charge in [0.05, 0.1) is 13.2 Å². The summed E-state index contributed by atoms with van der Waals surface area (Å²) in [7, 11) is -1.81. The number of aliphatic hydroxyl groups excluding tert-OH is 2. The molecule has 0 aliphatic carbocycles. The average molecular weight is 460 g/mol. The lowest BCUT2D eigenvalue weighted by Gasteiger charge is -2.20. The highest BCUT2D eigenvalue weighted by molar-refractivity contribution is 6.43. The van der Waals surface area contributed by atoms with Crippen molar-refractivity contribution in [1.82, 2.24) is 10.2 Å². The van der Waals surface area contributed by atoms with Crippen LogP contribution < -0.4 is 5.32 Å². The maximum atomic E-state index is 12.6. The zero-order valence-electron chi connectivity index (χ0n) is 18.1. The lowest BCUT2D eigenvalue weighted by molar-refractivity contribution is 0.0693. The summed E-state index contributed by atoms with van der Waals surface area (Å²) >= 11 is 0. The molecule has 0 heterocycles. The number of rotatable bonds is 13. The molecule has 2 aromatic rings. The quantitative estimate of drug-likeness (QED) is 0.198. The first kappa shape index (κ1) is 26.3. The number of benzene rings is 2. The lowest BCUT2D eigenvalue weighted by Crippen LogP contribution is -2.35. The molecule has 10 nitrogen and oxygen atoms in total. The van der Waals surface area contributed by atoms with E-state index < -0.39 is 30.6 Å². The van der Waals surface area contributed by atoms with E-state index in [-0.39, 0.29) is 37.3 Å². The minimum absolute atomic E-state index is 0.0595. The van der Waals surface area contributed by atoms with E-state index in [9.17, 15) is 24.7 Å². The summed E-state index contributed by atoms with van der Waals surface area (Å²) in [5.41, 5.74) is 1.08. The Bertz CT molecular complexity index is 934. The number of phenols is 1. The number of hydrogen-bond donors (Lipinski definition) is 7. The van der Waals surface area contributed by atoms with Gasteiger partial charge in [-0.25, -0.2) is 4.79 Å². The number of amides is 1. The van der Waals surface area contributed by atoms with E-state index in [0.717, 1.165) is 5.56 Å². The number of carboxylic acids is 1. The van der Waals surface area contributed by atoms with Crippen LogP contribution in [0, 0.1) is 0 Å². The molecule has 33 heavy (non-hydrogen) atoms. The van der Waals surface area contributed by atoms with Gasteiger partial charge in [0.25, 0.3) is 5.91 Å². The van der Waals surface area contributed by atoms with Gasteiger partial charge in [-0.3, -0.25) is 9.69 Å². The molecule has 0 radical (unpaired) electrons. The second kappa shape index (κ2) is 12.9. The predicted molar refractivity (Wildman–Crippen MR) is 121 cm³/mol. The van der Waals surface area contributed by atoms with Crippen molar-refractivity contribution in [3.05, 3.63) is 64.7 Å².